The first-order valence-electron chi connectivity index (χ1n) is 8.04. The summed E-state index contributed by atoms with van der Waals surface area (Å²) in [5.74, 6) is -0.0751. The lowest BCUT2D eigenvalue weighted by Crippen LogP contribution is -2.16. The van der Waals surface area contributed by atoms with Gasteiger partial charge in [0.2, 0.25) is 0 Å². The Bertz CT molecular complexity index is 1090. The van der Waals surface area contributed by atoms with E-state index in [2.05, 4.69) is 25.6 Å². The number of aromatic nitrogens is 5. The van der Waals surface area contributed by atoms with E-state index in [0.29, 0.717) is 17.2 Å². The van der Waals surface area contributed by atoms with Crippen LogP contribution in [0.4, 0.5) is 11.5 Å². The summed E-state index contributed by atoms with van der Waals surface area (Å²) in [4.78, 5) is 22.2. The maximum absolute atomic E-state index is 12.5. The van der Waals surface area contributed by atoms with Crippen LogP contribution in [-0.2, 0) is 7.05 Å². The summed E-state index contributed by atoms with van der Waals surface area (Å²) >= 11 is 1.57. The minimum absolute atomic E-state index is 0.255. The molecule has 9 heteroatoms. The number of hydrogen-bond donors (Lipinski definition) is 2. The first kappa shape index (κ1) is 16.9. The number of nitrogens with two attached hydrogens (primary N) is 1. The van der Waals surface area contributed by atoms with Crippen molar-refractivity contribution in [2.24, 2.45) is 7.05 Å². The molecule has 0 saturated heterocycles. The smallest absolute Gasteiger partial charge is 0.275 e. The van der Waals surface area contributed by atoms with Crippen molar-refractivity contribution in [2.45, 2.75) is 0 Å². The van der Waals surface area contributed by atoms with Gasteiger partial charge in [-0.05, 0) is 35.7 Å². The van der Waals surface area contributed by atoms with E-state index in [1.165, 1.54) is 0 Å². The molecular weight excluding hydrogens is 362 g/mol. The third-order valence-corrected chi connectivity index (χ3v) is 4.72. The van der Waals surface area contributed by atoms with Crippen LogP contribution in [0.2, 0.25) is 0 Å². The maximum atomic E-state index is 12.5. The lowest BCUT2D eigenvalue weighted by molar-refractivity contribution is 0.102. The molecule has 0 aliphatic rings. The molecule has 1 amide bonds. The minimum atomic E-state index is -0.386. The Labute approximate surface area is 158 Å². The molecule has 134 valence electrons. The van der Waals surface area contributed by atoms with Crippen LogP contribution in [0.15, 0.2) is 54.2 Å². The highest BCUT2D eigenvalue weighted by molar-refractivity contribution is 7.13. The van der Waals surface area contributed by atoms with Gasteiger partial charge in [0.15, 0.2) is 5.82 Å². The number of carbonyl (C=O) groups is 1. The average molecular weight is 377 g/mol. The largest absolute Gasteiger partial charge is 0.396 e. The molecule has 4 aromatic rings. The van der Waals surface area contributed by atoms with E-state index >= 15 is 0 Å². The van der Waals surface area contributed by atoms with Crippen LogP contribution >= 0.6 is 11.3 Å². The van der Waals surface area contributed by atoms with Crippen molar-refractivity contribution in [3.8, 4) is 21.8 Å². The number of anilines is 2. The molecule has 27 heavy (non-hydrogen) atoms. The van der Waals surface area contributed by atoms with Crippen LogP contribution in [0.5, 0.6) is 0 Å². The fourth-order valence-corrected chi connectivity index (χ4v) is 3.16. The predicted octanol–water partition coefficient (Wildman–Crippen LogP) is 2.84. The van der Waals surface area contributed by atoms with Crippen LogP contribution in [-0.4, -0.2) is 30.9 Å². The Morgan fingerprint density at radius 1 is 1.19 bits per heavy atom. The number of thiophene rings is 1. The van der Waals surface area contributed by atoms with Crippen molar-refractivity contribution in [3.63, 3.8) is 0 Å². The SMILES string of the molecule is Cn1cc(-c2ccc(C(=O)Nc3nc(-c4cccs4)ccc3N)nc2)nn1. The van der Waals surface area contributed by atoms with Crippen LogP contribution in [0, 0.1) is 0 Å². The summed E-state index contributed by atoms with van der Waals surface area (Å²) in [6.07, 6.45) is 3.36. The fraction of sp³-hybridized carbons (Fsp3) is 0.0556. The molecule has 4 heterocycles. The van der Waals surface area contributed by atoms with Gasteiger partial charge in [0, 0.05) is 18.8 Å². The van der Waals surface area contributed by atoms with Crippen molar-refractivity contribution >= 4 is 28.7 Å². The highest BCUT2D eigenvalue weighted by atomic mass is 32.1. The summed E-state index contributed by atoms with van der Waals surface area (Å²) in [6.45, 7) is 0. The Hall–Kier alpha value is -3.59. The monoisotopic (exact) mass is 377 g/mol. The summed E-state index contributed by atoms with van der Waals surface area (Å²) in [7, 11) is 1.79. The van der Waals surface area contributed by atoms with Gasteiger partial charge < -0.3 is 11.1 Å². The Morgan fingerprint density at radius 3 is 2.74 bits per heavy atom. The molecule has 0 atom stereocenters. The van der Waals surface area contributed by atoms with E-state index in [1.54, 1.807) is 53.7 Å². The third-order valence-electron chi connectivity index (χ3n) is 3.83. The average Bonchev–Trinajstić information content (AvgIpc) is 3.35. The van der Waals surface area contributed by atoms with E-state index in [4.69, 9.17) is 5.73 Å². The van der Waals surface area contributed by atoms with E-state index in [0.717, 1.165) is 16.1 Å². The van der Waals surface area contributed by atoms with Crippen molar-refractivity contribution in [1.29, 1.82) is 0 Å². The summed E-state index contributed by atoms with van der Waals surface area (Å²) < 4.78 is 1.60. The number of hydrogen-bond acceptors (Lipinski definition) is 7. The number of aryl methyl sites for hydroxylation is 1. The molecule has 0 unspecified atom stereocenters. The molecule has 0 aromatic carbocycles. The van der Waals surface area contributed by atoms with Gasteiger partial charge in [-0.15, -0.1) is 16.4 Å². The second-order valence-electron chi connectivity index (χ2n) is 5.78. The Kier molecular flexibility index (Phi) is 4.35. The van der Waals surface area contributed by atoms with Gasteiger partial charge in [-0.25, -0.2) is 4.98 Å². The molecule has 4 aromatic heterocycles. The standard InChI is InChI=1S/C18H15N7OS/c1-25-10-15(23-24-25)11-4-6-14(20-9-11)18(26)22-17-12(19)5-7-13(21-17)16-3-2-8-27-16/h2-10H,19H2,1H3,(H,21,22,26). The number of nitrogens with zero attached hydrogens (tertiary/aromatic N) is 5. The van der Waals surface area contributed by atoms with E-state index in [-0.39, 0.29) is 11.6 Å². The van der Waals surface area contributed by atoms with Crippen LogP contribution in [0.3, 0.4) is 0 Å². The van der Waals surface area contributed by atoms with Gasteiger partial charge in [0.25, 0.3) is 5.91 Å². The predicted molar refractivity (Wildman–Crippen MR) is 104 cm³/mol. The number of carbonyl (C=O) groups excluding carboxylic acids is 1. The zero-order valence-corrected chi connectivity index (χ0v) is 15.1. The molecule has 0 bridgehead atoms. The quantitative estimate of drug-likeness (QED) is 0.566. The molecule has 0 saturated carbocycles. The molecular formula is C18H15N7OS. The van der Waals surface area contributed by atoms with E-state index in [9.17, 15) is 4.79 Å². The molecule has 0 spiro atoms. The second kappa shape index (κ2) is 6.96. The molecule has 4 rings (SSSR count). The second-order valence-corrected chi connectivity index (χ2v) is 6.72. The first-order chi connectivity index (χ1) is 13.1. The van der Waals surface area contributed by atoms with Gasteiger partial charge in [0.05, 0.1) is 22.5 Å². The summed E-state index contributed by atoms with van der Waals surface area (Å²) in [6, 6.07) is 10.8. The zero-order chi connectivity index (χ0) is 18.8. The number of nitrogen functional groups attached to an aromatic ring is 1. The van der Waals surface area contributed by atoms with Crippen molar-refractivity contribution in [1.82, 2.24) is 25.0 Å². The van der Waals surface area contributed by atoms with Gasteiger partial charge in [-0.1, -0.05) is 11.3 Å². The molecule has 0 radical (unpaired) electrons. The number of rotatable bonds is 4. The third kappa shape index (κ3) is 3.53. The van der Waals surface area contributed by atoms with Crippen molar-refractivity contribution in [2.75, 3.05) is 11.1 Å². The van der Waals surface area contributed by atoms with Crippen molar-refractivity contribution in [3.05, 3.63) is 59.9 Å². The van der Waals surface area contributed by atoms with Crippen LogP contribution < -0.4 is 11.1 Å². The summed E-state index contributed by atoms with van der Waals surface area (Å²) in [5.41, 5.74) is 8.82. The highest BCUT2D eigenvalue weighted by Crippen LogP contribution is 2.27. The fourth-order valence-electron chi connectivity index (χ4n) is 2.46. The molecule has 8 nitrogen and oxygen atoms in total. The number of nitrogens with one attached hydrogen (secondary N) is 1. The maximum Gasteiger partial charge on any atom is 0.275 e. The van der Waals surface area contributed by atoms with Gasteiger partial charge in [0.1, 0.15) is 11.4 Å². The Balaban J connectivity index is 1.54. The topological polar surface area (TPSA) is 112 Å². The van der Waals surface area contributed by atoms with E-state index < -0.39 is 0 Å². The zero-order valence-electron chi connectivity index (χ0n) is 14.3. The molecule has 0 aliphatic carbocycles. The lowest BCUT2D eigenvalue weighted by atomic mass is 10.2. The molecule has 3 N–H and O–H groups in total. The minimum Gasteiger partial charge on any atom is -0.396 e. The normalized spacial score (nSPS) is 10.7. The number of amides is 1. The van der Waals surface area contributed by atoms with Gasteiger partial charge in [-0.3, -0.25) is 14.5 Å². The number of pyridine rings is 2. The first-order valence-corrected chi connectivity index (χ1v) is 8.92. The van der Waals surface area contributed by atoms with Crippen LogP contribution in [0.25, 0.3) is 21.8 Å². The van der Waals surface area contributed by atoms with Gasteiger partial charge >= 0.3 is 0 Å². The van der Waals surface area contributed by atoms with Crippen LogP contribution in [0.1, 0.15) is 10.5 Å². The van der Waals surface area contributed by atoms with E-state index in [1.807, 2.05) is 23.6 Å². The summed E-state index contributed by atoms with van der Waals surface area (Å²) in [5, 5.41) is 12.6. The Morgan fingerprint density at radius 2 is 2.07 bits per heavy atom. The lowest BCUT2D eigenvalue weighted by Gasteiger charge is -2.08. The molecule has 0 fully saturated rings. The van der Waals surface area contributed by atoms with Gasteiger partial charge in [-0.2, -0.15) is 0 Å². The highest BCUT2D eigenvalue weighted by Gasteiger charge is 2.13. The van der Waals surface area contributed by atoms with Crippen molar-refractivity contribution < 1.29 is 4.79 Å². The molecule has 0 aliphatic heterocycles.